The van der Waals surface area contributed by atoms with E-state index in [0.29, 0.717) is 18.2 Å². The third-order valence-corrected chi connectivity index (χ3v) is 3.48. The molecule has 0 aliphatic heterocycles. The van der Waals surface area contributed by atoms with E-state index in [1.54, 1.807) is 6.92 Å². The number of nitrogens with two attached hydrogens (primary N) is 1. The second-order valence-electron chi connectivity index (χ2n) is 3.59. The van der Waals surface area contributed by atoms with Crippen LogP contribution in [-0.4, -0.2) is 30.3 Å². The fourth-order valence-corrected chi connectivity index (χ4v) is 1.63. The maximum absolute atomic E-state index is 8.44. The van der Waals surface area contributed by atoms with Gasteiger partial charge in [-0.25, -0.2) is 0 Å². The van der Waals surface area contributed by atoms with E-state index < -0.39 is 6.10 Å². The van der Waals surface area contributed by atoms with Crippen LogP contribution in [0.15, 0.2) is 27.8 Å². The van der Waals surface area contributed by atoms with Gasteiger partial charge < -0.3 is 21.0 Å². The van der Waals surface area contributed by atoms with E-state index in [1.165, 1.54) is 0 Å². The van der Waals surface area contributed by atoms with Crippen molar-refractivity contribution in [1.29, 1.82) is 0 Å². The van der Waals surface area contributed by atoms with E-state index in [0.717, 1.165) is 10.2 Å². The van der Waals surface area contributed by atoms with Gasteiger partial charge in [0, 0.05) is 16.7 Å². The number of anilines is 1. The standard InChI is InChI=1S/C11H15BrClN3O2/c1-7(11(14)16-17)18-5-4-15-8-2-3-9(12)10(13)6-8/h2-3,6-7,15,17H,4-5H2,1H3,(H2,14,16). The first-order valence-electron chi connectivity index (χ1n) is 5.32. The molecule has 1 aromatic rings. The number of nitrogens with one attached hydrogen (secondary N) is 1. The molecule has 0 spiro atoms. The van der Waals surface area contributed by atoms with Gasteiger partial charge in [-0.05, 0) is 41.1 Å². The van der Waals surface area contributed by atoms with Gasteiger partial charge in [0.05, 0.1) is 11.6 Å². The van der Waals surface area contributed by atoms with E-state index >= 15 is 0 Å². The third-order valence-electron chi connectivity index (χ3n) is 2.25. The second-order valence-corrected chi connectivity index (χ2v) is 4.86. The summed E-state index contributed by atoms with van der Waals surface area (Å²) in [5.74, 6) is 0.0571. The Kier molecular flexibility index (Phi) is 6.24. The van der Waals surface area contributed by atoms with Crippen molar-refractivity contribution in [2.75, 3.05) is 18.5 Å². The molecule has 1 atom stereocenters. The number of halogens is 2. The van der Waals surface area contributed by atoms with Crippen LogP contribution in [0.3, 0.4) is 0 Å². The van der Waals surface area contributed by atoms with E-state index in [2.05, 4.69) is 26.4 Å². The molecule has 5 nitrogen and oxygen atoms in total. The average Bonchev–Trinajstić information content (AvgIpc) is 2.37. The fraction of sp³-hybridized carbons (Fsp3) is 0.364. The summed E-state index contributed by atoms with van der Waals surface area (Å²) in [6, 6.07) is 5.59. The first-order chi connectivity index (χ1) is 8.54. The van der Waals surface area contributed by atoms with Gasteiger partial charge >= 0.3 is 0 Å². The van der Waals surface area contributed by atoms with Crippen molar-refractivity contribution in [2.45, 2.75) is 13.0 Å². The second kappa shape index (κ2) is 7.45. The highest BCUT2D eigenvalue weighted by atomic mass is 79.9. The molecular formula is C11H15BrClN3O2. The lowest BCUT2D eigenvalue weighted by molar-refractivity contribution is 0.115. The van der Waals surface area contributed by atoms with E-state index in [9.17, 15) is 0 Å². The minimum Gasteiger partial charge on any atom is -0.409 e. The molecule has 0 fully saturated rings. The van der Waals surface area contributed by atoms with Gasteiger partial charge in [0.25, 0.3) is 0 Å². The molecule has 1 unspecified atom stereocenters. The van der Waals surface area contributed by atoms with Gasteiger partial charge in [-0.3, -0.25) is 0 Å². The molecule has 100 valence electrons. The fourth-order valence-electron chi connectivity index (χ4n) is 1.20. The molecule has 4 N–H and O–H groups in total. The molecule has 0 aliphatic carbocycles. The Morgan fingerprint density at radius 1 is 1.67 bits per heavy atom. The molecule has 0 heterocycles. The number of hydrogen-bond acceptors (Lipinski definition) is 4. The molecule has 0 bridgehead atoms. The number of amidine groups is 1. The van der Waals surface area contributed by atoms with Crippen molar-refractivity contribution in [3.05, 3.63) is 27.7 Å². The zero-order valence-corrected chi connectivity index (χ0v) is 12.2. The minimum absolute atomic E-state index is 0.0571. The predicted octanol–water partition coefficient (Wildman–Crippen LogP) is 2.67. The summed E-state index contributed by atoms with van der Waals surface area (Å²) in [5, 5.41) is 15.1. The summed E-state index contributed by atoms with van der Waals surface area (Å²) in [7, 11) is 0. The van der Waals surface area contributed by atoms with Crippen molar-refractivity contribution in [3.63, 3.8) is 0 Å². The third kappa shape index (κ3) is 4.72. The highest BCUT2D eigenvalue weighted by molar-refractivity contribution is 9.10. The van der Waals surface area contributed by atoms with E-state index in [4.69, 9.17) is 27.3 Å². The average molecular weight is 337 g/mol. The summed E-state index contributed by atoms with van der Waals surface area (Å²) in [6.07, 6.45) is -0.412. The van der Waals surface area contributed by atoms with Crippen LogP contribution in [0.5, 0.6) is 0 Å². The van der Waals surface area contributed by atoms with Crippen molar-refractivity contribution in [3.8, 4) is 0 Å². The maximum atomic E-state index is 8.44. The Morgan fingerprint density at radius 2 is 2.39 bits per heavy atom. The van der Waals surface area contributed by atoms with Crippen LogP contribution < -0.4 is 11.1 Å². The van der Waals surface area contributed by atoms with Crippen LogP contribution >= 0.6 is 27.5 Å². The summed E-state index contributed by atoms with van der Waals surface area (Å²) >= 11 is 9.28. The molecule has 0 saturated carbocycles. The van der Waals surface area contributed by atoms with Gasteiger partial charge in [0.2, 0.25) is 0 Å². The molecule has 7 heteroatoms. The molecule has 1 aromatic carbocycles. The topological polar surface area (TPSA) is 79.9 Å². The lowest BCUT2D eigenvalue weighted by atomic mass is 10.3. The Morgan fingerprint density at radius 3 is 3.00 bits per heavy atom. The van der Waals surface area contributed by atoms with Crippen LogP contribution in [0.25, 0.3) is 0 Å². The lowest BCUT2D eigenvalue weighted by Crippen LogP contribution is -2.30. The first-order valence-corrected chi connectivity index (χ1v) is 6.49. The summed E-state index contributed by atoms with van der Waals surface area (Å²) < 4.78 is 6.20. The van der Waals surface area contributed by atoms with Crippen LogP contribution in [0.1, 0.15) is 6.92 Å². The molecule has 0 amide bonds. The van der Waals surface area contributed by atoms with Crippen molar-refractivity contribution in [1.82, 2.24) is 0 Å². The first kappa shape index (κ1) is 15.1. The molecule has 0 radical (unpaired) electrons. The number of ether oxygens (including phenoxy) is 1. The van der Waals surface area contributed by atoms with E-state index in [1.807, 2.05) is 18.2 Å². The Hall–Kier alpha value is -0.980. The summed E-state index contributed by atoms with van der Waals surface area (Å²) in [6.45, 7) is 2.75. The van der Waals surface area contributed by atoms with Crippen LogP contribution in [0, 0.1) is 0 Å². The molecule has 0 aromatic heterocycles. The number of benzene rings is 1. The van der Waals surface area contributed by atoms with Crippen molar-refractivity contribution >= 4 is 39.1 Å². The van der Waals surface area contributed by atoms with Crippen LogP contribution in [0.4, 0.5) is 5.69 Å². The molecule has 1 rings (SSSR count). The normalized spacial score (nSPS) is 13.4. The molecule has 18 heavy (non-hydrogen) atoms. The number of nitrogens with zero attached hydrogens (tertiary/aromatic N) is 1. The van der Waals surface area contributed by atoms with Crippen molar-refractivity contribution in [2.24, 2.45) is 10.9 Å². The highest BCUT2D eigenvalue weighted by Crippen LogP contribution is 2.25. The number of hydrogen-bond donors (Lipinski definition) is 3. The highest BCUT2D eigenvalue weighted by Gasteiger charge is 2.06. The van der Waals surface area contributed by atoms with E-state index in [-0.39, 0.29) is 5.84 Å². The molecule has 0 saturated heterocycles. The number of rotatable bonds is 6. The smallest absolute Gasteiger partial charge is 0.168 e. The quantitative estimate of drug-likeness (QED) is 0.245. The lowest BCUT2D eigenvalue weighted by Gasteiger charge is -2.12. The largest absolute Gasteiger partial charge is 0.409 e. The Bertz CT molecular complexity index is 429. The van der Waals surface area contributed by atoms with Gasteiger partial charge in [-0.2, -0.15) is 0 Å². The monoisotopic (exact) mass is 335 g/mol. The SMILES string of the molecule is CC(OCCNc1ccc(Br)c(Cl)c1)/C(N)=N/O. The Labute approximate surface area is 119 Å². The van der Waals surface area contributed by atoms with Gasteiger partial charge in [0.15, 0.2) is 5.84 Å². The predicted molar refractivity (Wildman–Crippen MR) is 76.5 cm³/mol. The van der Waals surface area contributed by atoms with Crippen LogP contribution in [-0.2, 0) is 4.74 Å². The minimum atomic E-state index is -0.412. The van der Waals surface area contributed by atoms with Gasteiger partial charge in [-0.1, -0.05) is 16.8 Å². The van der Waals surface area contributed by atoms with Gasteiger partial charge in [-0.15, -0.1) is 0 Å². The zero-order valence-electron chi connectivity index (χ0n) is 9.86. The number of oxime groups is 1. The molecule has 0 aliphatic rings. The van der Waals surface area contributed by atoms with Crippen LogP contribution in [0.2, 0.25) is 5.02 Å². The molecular weight excluding hydrogens is 321 g/mol. The summed E-state index contributed by atoms with van der Waals surface area (Å²) in [4.78, 5) is 0. The zero-order chi connectivity index (χ0) is 13.5. The Balaban J connectivity index is 2.32. The maximum Gasteiger partial charge on any atom is 0.168 e. The van der Waals surface area contributed by atoms with Crippen molar-refractivity contribution < 1.29 is 9.94 Å². The van der Waals surface area contributed by atoms with Gasteiger partial charge in [0.1, 0.15) is 6.10 Å². The summed E-state index contributed by atoms with van der Waals surface area (Å²) in [5.41, 5.74) is 6.28.